The van der Waals surface area contributed by atoms with Crippen LogP contribution in [0.1, 0.15) is 27.0 Å². The summed E-state index contributed by atoms with van der Waals surface area (Å²) < 4.78 is 33.0. The fraction of sp³-hybridized carbons (Fsp3) is 0.182. The van der Waals surface area contributed by atoms with E-state index in [1.165, 1.54) is 31.4 Å². The Kier molecular flexibility index (Phi) is 6.37. The van der Waals surface area contributed by atoms with Crippen molar-refractivity contribution in [1.29, 1.82) is 0 Å². The smallest absolute Gasteiger partial charge is 0.261 e. The summed E-state index contributed by atoms with van der Waals surface area (Å²) >= 11 is 0. The summed E-state index contributed by atoms with van der Waals surface area (Å²) in [6.45, 7) is 4.08. The van der Waals surface area contributed by atoms with Gasteiger partial charge in [0.2, 0.25) is 5.88 Å². The maximum absolute atomic E-state index is 12.7. The summed E-state index contributed by atoms with van der Waals surface area (Å²) in [6.07, 6.45) is 1.60. The lowest BCUT2D eigenvalue weighted by Gasteiger charge is -2.12. The molecule has 0 unspecified atom stereocenters. The standard InChI is InChI=1S/C22H23N3O4S/c1-15-5-4-6-20(16(15)2)25-30(27,28)19-9-7-18(8-10-19)22(26)24-14-17-11-12-23-21(13-17)29-3/h4-13,25H,14H2,1-3H3,(H,24,26). The Labute approximate surface area is 176 Å². The van der Waals surface area contributed by atoms with Crippen LogP contribution in [0.25, 0.3) is 0 Å². The van der Waals surface area contributed by atoms with Crippen molar-refractivity contribution in [3.8, 4) is 5.88 Å². The minimum Gasteiger partial charge on any atom is -0.481 e. The minimum absolute atomic E-state index is 0.0822. The Morgan fingerprint density at radius 2 is 1.80 bits per heavy atom. The molecule has 1 amide bonds. The lowest BCUT2D eigenvalue weighted by atomic mass is 10.1. The molecule has 1 heterocycles. The van der Waals surface area contributed by atoms with Gasteiger partial charge in [-0.2, -0.15) is 0 Å². The van der Waals surface area contributed by atoms with E-state index in [1.807, 2.05) is 19.9 Å². The Morgan fingerprint density at radius 1 is 1.07 bits per heavy atom. The Hall–Kier alpha value is -3.39. The second-order valence-electron chi connectivity index (χ2n) is 6.77. The molecule has 8 heteroatoms. The van der Waals surface area contributed by atoms with Crippen molar-refractivity contribution in [2.75, 3.05) is 11.8 Å². The van der Waals surface area contributed by atoms with Gasteiger partial charge >= 0.3 is 0 Å². The third-order valence-corrected chi connectivity index (χ3v) is 6.12. The number of pyridine rings is 1. The number of sulfonamides is 1. The number of benzene rings is 2. The Morgan fingerprint density at radius 3 is 2.50 bits per heavy atom. The highest BCUT2D eigenvalue weighted by molar-refractivity contribution is 7.92. The van der Waals surface area contributed by atoms with Gasteiger partial charge in [-0.05, 0) is 66.9 Å². The number of nitrogens with zero attached hydrogens (tertiary/aromatic N) is 1. The second-order valence-corrected chi connectivity index (χ2v) is 8.45. The van der Waals surface area contributed by atoms with Crippen molar-refractivity contribution in [2.45, 2.75) is 25.3 Å². The first-order valence-corrected chi connectivity index (χ1v) is 10.7. The van der Waals surface area contributed by atoms with E-state index in [0.717, 1.165) is 16.7 Å². The van der Waals surface area contributed by atoms with Crippen LogP contribution in [0.15, 0.2) is 65.7 Å². The number of rotatable bonds is 7. The number of nitrogens with one attached hydrogen (secondary N) is 2. The molecule has 3 rings (SSSR count). The molecule has 7 nitrogen and oxygen atoms in total. The number of methoxy groups -OCH3 is 1. The molecule has 156 valence electrons. The molecule has 0 aliphatic rings. The van der Waals surface area contributed by atoms with E-state index in [0.29, 0.717) is 23.7 Å². The van der Waals surface area contributed by atoms with E-state index in [9.17, 15) is 13.2 Å². The first kappa shape index (κ1) is 21.3. The molecule has 2 aromatic carbocycles. The predicted molar refractivity (Wildman–Crippen MR) is 115 cm³/mol. The molecule has 1 aromatic heterocycles. The highest BCUT2D eigenvalue weighted by Crippen LogP contribution is 2.22. The van der Waals surface area contributed by atoms with E-state index in [-0.39, 0.29) is 10.8 Å². The Bertz CT molecular complexity index is 1160. The maximum Gasteiger partial charge on any atom is 0.261 e. The summed E-state index contributed by atoms with van der Waals surface area (Å²) in [7, 11) is -2.24. The maximum atomic E-state index is 12.7. The number of aryl methyl sites for hydroxylation is 1. The number of ether oxygens (including phenoxy) is 1. The van der Waals surface area contributed by atoms with Crippen molar-refractivity contribution in [1.82, 2.24) is 10.3 Å². The van der Waals surface area contributed by atoms with Gasteiger partial charge in [-0.3, -0.25) is 9.52 Å². The van der Waals surface area contributed by atoms with Gasteiger partial charge in [0.15, 0.2) is 0 Å². The van der Waals surface area contributed by atoms with Crippen LogP contribution in [0, 0.1) is 13.8 Å². The van der Waals surface area contributed by atoms with E-state index < -0.39 is 10.0 Å². The molecule has 0 saturated heterocycles. The molecule has 0 radical (unpaired) electrons. The molecule has 0 bridgehead atoms. The van der Waals surface area contributed by atoms with Gasteiger partial charge in [0, 0.05) is 24.4 Å². The van der Waals surface area contributed by atoms with Gasteiger partial charge in [-0.1, -0.05) is 12.1 Å². The number of carbonyl (C=O) groups excluding carboxylic acids is 1. The molecular weight excluding hydrogens is 402 g/mol. The van der Waals surface area contributed by atoms with E-state index in [4.69, 9.17) is 4.74 Å². The number of carbonyl (C=O) groups is 1. The zero-order valence-electron chi connectivity index (χ0n) is 17.0. The zero-order chi connectivity index (χ0) is 21.7. The summed E-state index contributed by atoms with van der Waals surface area (Å²) in [5.41, 5.74) is 3.59. The topological polar surface area (TPSA) is 97.4 Å². The van der Waals surface area contributed by atoms with Gasteiger partial charge in [-0.25, -0.2) is 13.4 Å². The van der Waals surface area contributed by atoms with E-state index in [1.54, 1.807) is 30.5 Å². The normalized spacial score (nSPS) is 11.0. The number of amides is 1. The van der Waals surface area contributed by atoms with Crippen LogP contribution in [-0.4, -0.2) is 26.4 Å². The molecule has 30 heavy (non-hydrogen) atoms. The van der Waals surface area contributed by atoms with Gasteiger partial charge in [-0.15, -0.1) is 0 Å². The highest BCUT2D eigenvalue weighted by Gasteiger charge is 2.16. The molecule has 0 spiro atoms. The van der Waals surface area contributed by atoms with Crippen LogP contribution < -0.4 is 14.8 Å². The fourth-order valence-corrected chi connectivity index (χ4v) is 3.93. The van der Waals surface area contributed by atoms with Crippen LogP contribution in [0.2, 0.25) is 0 Å². The highest BCUT2D eigenvalue weighted by atomic mass is 32.2. The van der Waals surface area contributed by atoms with Gasteiger partial charge in [0.1, 0.15) is 0 Å². The number of anilines is 1. The van der Waals surface area contributed by atoms with Crippen LogP contribution in [-0.2, 0) is 16.6 Å². The summed E-state index contributed by atoms with van der Waals surface area (Å²) in [5, 5.41) is 2.79. The first-order chi connectivity index (χ1) is 14.3. The SMILES string of the molecule is COc1cc(CNC(=O)c2ccc(S(=O)(=O)Nc3cccc(C)c3C)cc2)ccn1. The van der Waals surface area contributed by atoms with Gasteiger partial charge in [0.25, 0.3) is 15.9 Å². The first-order valence-electron chi connectivity index (χ1n) is 9.26. The third-order valence-electron chi connectivity index (χ3n) is 4.74. The van der Waals surface area contributed by atoms with Crippen LogP contribution >= 0.6 is 0 Å². The summed E-state index contributed by atoms with van der Waals surface area (Å²) in [6, 6.07) is 14.7. The van der Waals surface area contributed by atoms with Crippen LogP contribution in [0.5, 0.6) is 5.88 Å². The number of hydrogen-bond acceptors (Lipinski definition) is 5. The number of aromatic nitrogens is 1. The lowest BCUT2D eigenvalue weighted by molar-refractivity contribution is 0.0950. The van der Waals surface area contributed by atoms with Gasteiger partial charge in [0.05, 0.1) is 17.7 Å². The average Bonchev–Trinajstić information content (AvgIpc) is 2.75. The minimum atomic E-state index is -3.76. The van der Waals surface area contributed by atoms with Crippen molar-refractivity contribution < 1.29 is 17.9 Å². The molecule has 2 N–H and O–H groups in total. The quantitative estimate of drug-likeness (QED) is 0.604. The largest absolute Gasteiger partial charge is 0.481 e. The molecule has 3 aromatic rings. The van der Waals surface area contributed by atoms with Crippen LogP contribution in [0.3, 0.4) is 0 Å². The lowest BCUT2D eigenvalue weighted by Crippen LogP contribution is -2.23. The summed E-state index contributed by atoms with van der Waals surface area (Å²) in [4.78, 5) is 16.5. The molecule has 0 atom stereocenters. The molecule has 0 fully saturated rings. The number of hydrogen-bond donors (Lipinski definition) is 2. The van der Waals surface area contributed by atoms with E-state index in [2.05, 4.69) is 15.0 Å². The van der Waals surface area contributed by atoms with E-state index >= 15 is 0 Å². The van der Waals surface area contributed by atoms with Crippen molar-refractivity contribution in [3.05, 3.63) is 83.0 Å². The molecule has 0 aliphatic heterocycles. The Balaban J connectivity index is 1.68. The van der Waals surface area contributed by atoms with Crippen LogP contribution in [0.4, 0.5) is 5.69 Å². The summed E-state index contributed by atoms with van der Waals surface area (Å²) in [5.74, 6) is 0.157. The third kappa shape index (κ3) is 4.96. The fourth-order valence-electron chi connectivity index (χ4n) is 2.81. The van der Waals surface area contributed by atoms with Crippen molar-refractivity contribution in [3.63, 3.8) is 0 Å². The molecular formula is C22H23N3O4S. The monoisotopic (exact) mass is 425 g/mol. The predicted octanol–water partition coefficient (Wildman–Crippen LogP) is 3.44. The van der Waals surface area contributed by atoms with Gasteiger partial charge < -0.3 is 10.1 Å². The molecule has 0 aliphatic carbocycles. The molecule has 0 saturated carbocycles. The van der Waals surface area contributed by atoms with Crippen molar-refractivity contribution >= 4 is 21.6 Å². The van der Waals surface area contributed by atoms with Crippen molar-refractivity contribution in [2.24, 2.45) is 0 Å². The average molecular weight is 426 g/mol. The zero-order valence-corrected chi connectivity index (χ0v) is 17.8. The second kappa shape index (κ2) is 8.96.